The summed E-state index contributed by atoms with van der Waals surface area (Å²) in [5.41, 5.74) is 5.88. The van der Waals surface area contributed by atoms with E-state index in [0.29, 0.717) is 6.04 Å². The van der Waals surface area contributed by atoms with Crippen LogP contribution in [-0.4, -0.2) is 54.6 Å². The number of hydrogen-bond donors (Lipinski definition) is 1. The highest BCUT2D eigenvalue weighted by Gasteiger charge is 2.21. The minimum absolute atomic E-state index is 0.285. The molecule has 0 amide bonds. The van der Waals surface area contributed by atoms with Gasteiger partial charge in [0.15, 0.2) is 0 Å². The van der Waals surface area contributed by atoms with E-state index in [9.17, 15) is 0 Å². The largest absolute Gasteiger partial charge is 0.327 e. The van der Waals surface area contributed by atoms with Crippen LogP contribution in [0.4, 0.5) is 0 Å². The van der Waals surface area contributed by atoms with E-state index in [-0.39, 0.29) is 6.04 Å². The first-order valence-corrected chi connectivity index (χ1v) is 5.37. The minimum atomic E-state index is 0.285. The topological polar surface area (TPSA) is 32.5 Å². The van der Waals surface area contributed by atoms with Crippen LogP contribution in [0.15, 0.2) is 0 Å². The second kappa shape index (κ2) is 4.94. The third kappa shape index (κ3) is 2.93. The number of nitrogens with two attached hydrogens (primary N) is 1. The molecule has 1 aliphatic heterocycles. The molecule has 0 aromatic rings. The summed E-state index contributed by atoms with van der Waals surface area (Å²) in [6, 6.07) is 0.812. The van der Waals surface area contributed by atoms with E-state index < -0.39 is 0 Å². The van der Waals surface area contributed by atoms with Crippen molar-refractivity contribution in [1.82, 2.24) is 9.80 Å². The molecule has 0 aromatic heterocycles. The van der Waals surface area contributed by atoms with Crippen LogP contribution < -0.4 is 5.73 Å². The first-order valence-electron chi connectivity index (χ1n) is 5.37. The first kappa shape index (κ1) is 11.0. The SMILES string of the molecule is CCN1CCN(C(C)C(C)N)CC1. The van der Waals surface area contributed by atoms with Crippen LogP contribution in [0.25, 0.3) is 0 Å². The van der Waals surface area contributed by atoms with Crippen LogP contribution in [0.2, 0.25) is 0 Å². The van der Waals surface area contributed by atoms with E-state index in [1.165, 1.54) is 32.7 Å². The van der Waals surface area contributed by atoms with Crippen molar-refractivity contribution in [2.24, 2.45) is 5.73 Å². The van der Waals surface area contributed by atoms with Gasteiger partial charge in [-0.05, 0) is 20.4 Å². The highest BCUT2D eigenvalue weighted by molar-refractivity contribution is 4.79. The van der Waals surface area contributed by atoms with E-state index in [1.807, 2.05) is 0 Å². The molecule has 2 unspecified atom stereocenters. The number of piperazine rings is 1. The molecule has 2 atom stereocenters. The summed E-state index contributed by atoms with van der Waals surface area (Å²) in [6.45, 7) is 12.5. The van der Waals surface area contributed by atoms with Gasteiger partial charge >= 0.3 is 0 Å². The third-order valence-electron chi connectivity index (χ3n) is 3.19. The smallest absolute Gasteiger partial charge is 0.0217 e. The fourth-order valence-corrected chi connectivity index (χ4v) is 1.82. The van der Waals surface area contributed by atoms with Gasteiger partial charge in [0.1, 0.15) is 0 Å². The highest BCUT2D eigenvalue weighted by atomic mass is 15.3. The molecule has 1 saturated heterocycles. The van der Waals surface area contributed by atoms with E-state index >= 15 is 0 Å². The quantitative estimate of drug-likeness (QED) is 0.689. The molecule has 3 nitrogen and oxygen atoms in total. The highest BCUT2D eigenvalue weighted by Crippen LogP contribution is 2.07. The van der Waals surface area contributed by atoms with E-state index in [0.717, 1.165) is 0 Å². The molecular formula is C10H23N3. The lowest BCUT2D eigenvalue weighted by molar-refractivity contribution is 0.0975. The molecular weight excluding hydrogens is 162 g/mol. The molecule has 0 spiro atoms. The predicted octanol–water partition coefficient (Wildman–Crippen LogP) is 0.360. The fourth-order valence-electron chi connectivity index (χ4n) is 1.82. The second-order valence-electron chi connectivity index (χ2n) is 4.07. The Kier molecular flexibility index (Phi) is 4.16. The van der Waals surface area contributed by atoms with Gasteiger partial charge in [-0.15, -0.1) is 0 Å². The first-order chi connectivity index (χ1) is 6.15. The zero-order chi connectivity index (χ0) is 9.84. The molecule has 0 saturated carbocycles. The predicted molar refractivity (Wildman–Crippen MR) is 56.8 cm³/mol. The molecule has 1 heterocycles. The summed E-state index contributed by atoms with van der Waals surface area (Å²) >= 11 is 0. The van der Waals surface area contributed by atoms with Gasteiger partial charge in [0.25, 0.3) is 0 Å². The molecule has 0 radical (unpaired) electrons. The fraction of sp³-hybridized carbons (Fsp3) is 1.00. The van der Waals surface area contributed by atoms with Crippen molar-refractivity contribution in [3.05, 3.63) is 0 Å². The summed E-state index contributed by atoms with van der Waals surface area (Å²) in [6.07, 6.45) is 0. The Morgan fingerprint density at radius 2 is 1.69 bits per heavy atom. The normalized spacial score (nSPS) is 25.8. The Balaban J connectivity index is 2.32. The lowest BCUT2D eigenvalue weighted by Crippen LogP contribution is -2.53. The van der Waals surface area contributed by atoms with E-state index in [4.69, 9.17) is 5.73 Å². The Hall–Kier alpha value is -0.120. The molecule has 0 bridgehead atoms. The van der Waals surface area contributed by atoms with Crippen LogP contribution in [0.1, 0.15) is 20.8 Å². The van der Waals surface area contributed by atoms with E-state index in [1.54, 1.807) is 0 Å². The minimum Gasteiger partial charge on any atom is -0.327 e. The second-order valence-corrected chi connectivity index (χ2v) is 4.07. The van der Waals surface area contributed by atoms with Crippen LogP contribution >= 0.6 is 0 Å². The van der Waals surface area contributed by atoms with Gasteiger partial charge in [-0.2, -0.15) is 0 Å². The van der Waals surface area contributed by atoms with Gasteiger partial charge in [0.2, 0.25) is 0 Å². The van der Waals surface area contributed by atoms with Gasteiger partial charge in [0.05, 0.1) is 0 Å². The number of nitrogens with zero attached hydrogens (tertiary/aromatic N) is 2. The maximum Gasteiger partial charge on any atom is 0.0217 e. The summed E-state index contributed by atoms with van der Waals surface area (Å²) in [5, 5.41) is 0. The molecule has 0 aliphatic carbocycles. The Morgan fingerprint density at radius 1 is 1.15 bits per heavy atom. The van der Waals surface area contributed by atoms with Gasteiger partial charge in [0, 0.05) is 38.3 Å². The van der Waals surface area contributed by atoms with Crippen molar-refractivity contribution in [3.63, 3.8) is 0 Å². The van der Waals surface area contributed by atoms with Crippen molar-refractivity contribution in [3.8, 4) is 0 Å². The Bertz CT molecular complexity index is 139. The van der Waals surface area contributed by atoms with Crippen LogP contribution in [0.3, 0.4) is 0 Å². The molecule has 0 aromatic carbocycles. The molecule has 2 N–H and O–H groups in total. The molecule has 1 aliphatic rings. The number of rotatable bonds is 3. The van der Waals surface area contributed by atoms with Crippen LogP contribution in [-0.2, 0) is 0 Å². The lowest BCUT2D eigenvalue weighted by Gasteiger charge is -2.38. The van der Waals surface area contributed by atoms with Crippen molar-refractivity contribution >= 4 is 0 Å². The summed E-state index contributed by atoms with van der Waals surface area (Å²) in [4.78, 5) is 4.99. The van der Waals surface area contributed by atoms with Crippen molar-refractivity contribution < 1.29 is 0 Å². The zero-order valence-corrected chi connectivity index (χ0v) is 9.16. The van der Waals surface area contributed by atoms with Crippen LogP contribution in [0, 0.1) is 0 Å². The standard InChI is InChI=1S/C10H23N3/c1-4-12-5-7-13(8-6-12)10(3)9(2)11/h9-10H,4-8,11H2,1-3H3. The van der Waals surface area contributed by atoms with Crippen molar-refractivity contribution in [1.29, 1.82) is 0 Å². The van der Waals surface area contributed by atoms with Gasteiger partial charge < -0.3 is 10.6 Å². The average molecular weight is 185 g/mol. The maximum absolute atomic E-state index is 5.88. The summed E-state index contributed by atoms with van der Waals surface area (Å²) < 4.78 is 0. The van der Waals surface area contributed by atoms with E-state index in [2.05, 4.69) is 30.6 Å². The Labute approximate surface area is 81.9 Å². The van der Waals surface area contributed by atoms with Gasteiger partial charge in [-0.3, -0.25) is 4.90 Å². The lowest BCUT2D eigenvalue weighted by atomic mass is 10.1. The third-order valence-corrected chi connectivity index (χ3v) is 3.19. The maximum atomic E-state index is 5.88. The molecule has 1 fully saturated rings. The molecule has 78 valence electrons. The monoisotopic (exact) mass is 185 g/mol. The van der Waals surface area contributed by atoms with Gasteiger partial charge in [-0.25, -0.2) is 0 Å². The molecule has 13 heavy (non-hydrogen) atoms. The van der Waals surface area contributed by atoms with Crippen molar-refractivity contribution in [2.45, 2.75) is 32.9 Å². The van der Waals surface area contributed by atoms with Gasteiger partial charge in [-0.1, -0.05) is 6.92 Å². The molecule has 3 heteroatoms. The van der Waals surface area contributed by atoms with Crippen LogP contribution in [0.5, 0.6) is 0 Å². The van der Waals surface area contributed by atoms with Crippen molar-refractivity contribution in [2.75, 3.05) is 32.7 Å². The zero-order valence-electron chi connectivity index (χ0n) is 9.16. The number of likely N-dealkylation sites (N-methyl/N-ethyl adjacent to an activating group) is 1. The number of hydrogen-bond acceptors (Lipinski definition) is 3. The molecule has 1 rings (SSSR count). The Morgan fingerprint density at radius 3 is 2.08 bits per heavy atom. The average Bonchev–Trinajstić information content (AvgIpc) is 2.17. The summed E-state index contributed by atoms with van der Waals surface area (Å²) in [7, 11) is 0. The summed E-state index contributed by atoms with van der Waals surface area (Å²) in [5.74, 6) is 0.